The molecule has 8 heteroatoms. The predicted octanol–water partition coefficient (Wildman–Crippen LogP) is 2.99. The second-order valence-electron chi connectivity index (χ2n) is 4.34. The summed E-state index contributed by atoms with van der Waals surface area (Å²) in [4.78, 5) is 33.2. The van der Waals surface area contributed by atoms with Crippen molar-refractivity contribution in [2.45, 2.75) is 0 Å². The predicted molar refractivity (Wildman–Crippen MR) is 80.5 cm³/mol. The van der Waals surface area contributed by atoms with E-state index in [4.69, 9.17) is 4.74 Å². The average Bonchev–Trinajstić information content (AvgIpc) is 2.54. The lowest BCUT2D eigenvalue weighted by molar-refractivity contribution is -0.384. The molecule has 118 valence electrons. The molecule has 0 aromatic heterocycles. The second-order valence-corrected chi connectivity index (χ2v) is 4.34. The van der Waals surface area contributed by atoms with Gasteiger partial charge in [0.05, 0.1) is 17.6 Å². The Bertz CT molecular complexity index is 742. The fourth-order valence-electron chi connectivity index (χ4n) is 1.73. The van der Waals surface area contributed by atoms with Crippen LogP contribution in [-0.4, -0.2) is 24.1 Å². The molecule has 0 radical (unpaired) electrons. The van der Waals surface area contributed by atoms with Crippen LogP contribution in [0.25, 0.3) is 0 Å². The molecule has 2 rings (SSSR count). The van der Waals surface area contributed by atoms with E-state index in [0.29, 0.717) is 5.69 Å². The molecule has 0 unspecified atom stereocenters. The van der Waals surface area contributed by atoms with Gasteiger partial charge in [-0.2, -0.15) is 0 Å². The molecular weight excluding hydrogens is 304 g/mol. The molecule has 0 heterocycles. The number of amides is 1. The molecule has 1 N–H and O–H groups in total. The van der Waals surface area contributed by atoms with Crippen molar-refractivity contribution in [1.82, 2.24) is 0 Å². The number of non-ortho nitro benzene ring substituents is 1. The van der Waals surface area contributed by atoms with Crippen molar-refractivity contribution in [1.29, 1.82) is 0 Å². The van der Waals surface area contributed by atoms with Gasteiger partial charge in [-0.05, 0) is 30.3 Å². The standard InChI is InChI=1S/C15H12N2O6/c1-22-14(18)10-3-2-4-11(9-10)16-15(19)23-13-7-5-12(6-8-13)17(20)21/h2-9H,1H3,(H,16,19). The minimum Gasteiger partial charge on any atom is -0.465 e. The molecular formula is C15H12N2O6. The third kappa shape index (κ3) is 4.27. The molecule has 0 fully saturated rings. The van der Waals surface area contributed by atoms with Crippen molar-refractivity contribution in [3.05, 3.63) is 64.2 Å². The van der Waals surface area contributed by atoms with Crippen molar-refractivity contribution in [2.24, 2.45) is 0 Å². The fraction of sp³-hybridized carbons (Fsp3) is 0.0667. The smallest absolute Gasteiger partial charge is 0.417 e. The quantitative estimate of drug-likeness (QED) is 0.528. The van der Waals surface area contributed by atoms with Gasteiger partial charge in [0, 0.05) is 17.8 Å². The van der Waals surface area contributed by atoms with Gasteiger partial charge in [0.1, 0.15) is 5.75 Å². The van der Waals surface area contributed by atoms with E-state index in [1.165, 1.54) is 37.4 Å². The van der Waals surface area contributed by atoms with Crippen LogP contribution in [0, 0.1) is 10.1 Å². The molecule has 0 saturated heterocycles. The number of anilines is 1. The number of rotatable bonds is 4. The van der Waals surface area contributed by atoms with E-state index in [-0.39, 0.29) is 17.0 Å². The van der Waals surface area contributed by atoms with Gasteiger partial charge in [-0.15, -0.1) is 0 Å². The first-order valence-corrected chi connectivity index (χ1v) is 6.41. The molecule has 0 spiro atoms. The van der Waals surface area contributed by atoms with Crippen molar-refractivity contribution < 1.29 is 24.0 Å². The van der Waals surface area contributed by atoms with Crippen LogP contribution in [0.4, 0.5) is 16.2 Å². The normalized spacial score (nSPS) is 9.78. The third-order valence-corrected chi connectivity index (χ3v) is 2.79. The van der Waals surface area contributed by atoms with Crippen LogP contribution in [0.1, 0.15) is 10.4 Å². The highest BCUT2D eigenvalue weighted by Gasteiger charge is 2.10. The van der Waals surface area contributed by atoms with E-state index in [1.807, 2.05) is 0 Å². The summed E-state index contributed by atoms with van der Waals surface area (Å²) in [5.41, 5.74) is 0.518. The summed E-state index contributed by atoms with van der Waals surface area (Å²) in [6.45, 7) is 0. The lowest BCUT2D eigenvalue weighted by atomic mass is 10.2. The Balaban J connectivity index is 2.02. The van der Waals surface area contributed by atoms with Gasteiger partial charge in [-0.1, -0.05) is 6.07 Å². The van der Waals surface area contributed by atoms with E-state index in [2.05, 4.69) is 10.1 Å². The summed E-state index contributed by atoms with van der Waals surface area (Å²) >= 11 is 0. The van der Waals surface area contributed by atoms with Crippen LogP contribution in [0.3, 0.4) is 0 Å². The number of hydrogen-bond acceptors (Lipinski definition) is 6. The average molecular weight is 316 g/mol. The van der Waals surface area contributed by atoms with E-state index in [0.717, 1.165) is 0 Å². The Morgan fingerprint density at radius 2 is 1.83 bits per heavy atom. The number of hydrogen-bond donors (Lipinski definition) is 1. The maximum Gasteiger partial charge on any atom is 0.417 e. The van der Waals surface area contributed by atoms with Crippen LogP contribution >= 0.6 is 0 Å². The van der Waals surface area contributed by atoms with Gasteiger partial charge in [0.15, 0.2) is 0 Å². The van der Waals surface area contributed by atoms with Crippen molar-refractivity contribution in [3.8, 4) is 5.75 Å². The van der Waals surface area contributed by atoms with Crippen LogP contribution in [0.2, 0.25) is 0 Å². The number of esters is 1. The zero-order valence-electron chi connectivity index (χ0n) is 12.0. The number of nitrogens with zero attached hydrogens (tertiary/aromatic N) is 1. The maximum absolute atomic E-state index is 11.8. The number of nitrogens with one attached hydrogen (secondary N) is 1. The molecule has 0 bridgehead atoms. The lowest BCUT2D eigenvalue weighted by Gasteiger charge is -2.07. The van der Waals surface area contributed by atoms with E-state index in [9.17, 15) is 19.7 Å². The van der Waals surface area contributed by atoms with Gasteiger partial charge in [0.25, 0.3) is 5.69 Å². The summed E-state index contributed by atoms with van der Waals surface area (Å²) in [6, 6.07) is 11.2. The molecule has 2 aromatic carbocycles. The summed E-state index contributed by atoms with van der Waals surface area (Å²) < 4.78 is 9.58. The number of carbonyl (C=O) groups is 2. The van der Waals surface area contributed by atoms with Gasteiger partial charge >= 0.3 is 12.1 Å². The Hall–Kier alpha value is -3.42. The molecule has 2 aromatic rings. The molecule has 0 aliphatic rings. The number of carbonyl (C=O) groups excluding carboxylic acids is 2. The topological polar surface area (TPSA) is 108 Å². The SMILES string of the molecule is COC(=O)c1cccc(NC(=O)Oc2ccc([N+](=O)[O-])cc2)c1. The first kappa shape index (κ1) is 16.0. The highest BCUT2D eigenvalue weighted by molar-refractivity contribution is 5.92. The fourth-order valence-corrected chi connectivity index (χ4v) is 1.73. The molecule has 0 atom stereocenters. The summed E-state index contributed by atoms with van der Waals surface area (Å²) in [7, 11) is 1.26. The van der Waals surface area contributed by atoms with Crippen molar-refractivity contribution in [2.75, 3.05) is 12.4 Å². The summed E-state index contributed by atoms with van der Waals surface area (Å²) in [5.74, 6) is -0.380. The summed E-state index contributed by atoms with van der Waals surface area (Å²) in [6.07, 6.45) is -0.791. The largest absolute Gasteiger partial charge is 0.465 e. The van der Waals surface area contributed by atoms with Gasteiger partial charge < -0.3 is 9.47 Å². The van der Waals surface area contributed by atoms with E-state index in [1.54, 1.807) is 18.2 Å². The van der Waals surface area contributed by atoms with Gasteiger partial charge in [-0.3, -0.25) is 15.4 Å². The molecule has 23 heavy (non-hydrogen) atoms. The summed E-state index contributed by atoms with van der Waals surface area (Å²) in [5, 5.41) is 13.0. The first-order valence-electron chi connectivity index (χ1n) is 6.41. The van der Waals surface area contributed by atoms with Crippen molar-refractivity contribution in [3.63, 3.8) is 0 Å². The number of methoxy groups -OCH3 is 1. The molecule has 8 nitrogen and oxygen atoms in total. The third-order valence-electron chi connectivity index (χ3n) is 2.79. The Labute approximate surface area is 130 Å². The van der Waals surface area contributed by atoms with Gasteiger partial charge in [0.2, 0.25) is 0 Å². The number of benzene rings is 2. The Morgan fingerprint density at radius 3 is 2.43 bits per heavy atom. The van der Waals surface area contributed by atoms with Crippen molar-refractivity contribution >= 4 is 23.4 Å². The van der Waals surface area contributed by atoms with Crippen LogP contribution < -0.4 is 10.1 Å². The first-order chi connectivity index (χ1) is 11.0. The zero-order chi connectivity index (χ0) is 16.8. The highest BCUT2D eigenvalue weighted by Crippen LogP contribution is 2.18. The number of nitro groups is 1. The number of ether oxygens (including phenoxy) is 2. The molecule has 0 aliphatic carbocycles. The number of nitro benzene ring substituents is 1. The minimum absolute atomic E-state index is 0.108. The lowest BCUT2D eigenvalue weighted by Crippen LogP contribution is -2.17. The maximum atomic E-state index is 11.8. The molecule has 0 aliphatic heterocycles. The molecule has 1 amide bonds. The molecule has 0 saturated carbocycles. The van der Waals surface area contributed by atoms with Crippen LogP contribution in [-0.2, 0) is 4.74 Å². The minimum atomic E-state index is -0.791. The van der Waals surface area contributed by atoms with E-state index < -0.39 is 17.0 Å². The van der Waals surface area contributed by atoms with Crippen LogP contribution in [0.5, 0.6) is 5.75 Å². The monoisotopic (exact) mass is 316 g/mol. The second kappa shape index (κ2) is 7.03. The van der Waals surface area contributed by atoms with Crippen LogP contribution in [0.15, 0.2) is 48.5 Å². The highest BCUT2D eigenvalue weighted by atomic mass is 16.6. The van der Waals surface area contributed by atoms with Gasteiger partial charge in [-0.25, -0.2) is 9.59 Å². The Morgan fingerprint density at radius 1 is 1.13 bits per heavy atom. The van der Waals surface area contributed by atoms with E-state index >= 15 is 0 Å². The zero-order valence-corrected chi connectivity index (χ0v) is 12.0. The Kier molecular flexibility index (Phi) is 4.88.